The molecule has 2 atom stereocenters. The first-order valence-electron chi connectivity index (χ1n) is 6.44. The number of likely N-dealkylation sites (N-methyl/N-ethyl adjacent to an activating group) is 1. The molecule has 1 amide bonds. The van der Waals surface area contributed by atoms with E-state index in [1.807, 2.05) is 31.3 Å². The number of rotatable bonds is 2. The van der Waals surface area contributed by atoms with Crippen LogP contribution in [0.4, 0.5) is 11.4 Å². The van der Waals surface area contributed by atoms with Crippen molar-refractivity contribution in [2.24, 2.45) is 11.8 Å². The summed E-state index contributed by atoms with van der Waals surface area (Å²) < 4.78 is 0. The van der Waals surface area contributed by atoms with Crippen LogP contribution in [0, 0.1) is 11.8 Å². The minimum atomic E-state index is -0.860. The van der Waals surface area contributed by atoms with Crippen LogP contribution in [0.15, 0.2) is 24.3 Å². The van der Waals surface area contributed by atoms with Crippen LogP contribution in [0.1, 0.15) is 6.42 Å². The van der Waals surface area contributed by atoms with Crippen molar-refractivity contribution in [3.8, 4) is 0 Å². The van der Waals surface area contributed by atoms with Crippen molar-refractivity contribution >= 4 is 23.3 Å². The number of para-hydroxylation sites is 2. The van der Waals surface area contributed by atoms with Gasteiger partial charge in [-0.25, -0.2) is 0 Å². The summed E-state index contributed by atoms with van der Waals surface area (Å²) in [5, 5.41) is 8.93. The standard InChI is InChI=1S/C14H16N2O3/c1-15-6-7-16(12-5-3-2-4-11(12)15)13(17)9-8-10(9)14(18)19/h2-5,9-10H,6-8H2,1H3,(H,18,19)/t9-,10-/m1/s1. The number of hydrogen-bond acceptors (Lipinski definition) is 3. The SMILES string of the molecule is CN1CCN(C(=O)[C@@H]2C[C@H]2C(=O)O)c2ccccc21. The average molecular weight is 260 g/mol. The van der Waals surface area contributed by atoms with Gasteiger partial charge in [-0.05, 0) is 18.6 Å². The molecule has 19 heavy (non-hydrogen) atoms. The maximum Gasteiger partial charge on any atom is 0.307 e. The van der Waals surface area contributed by atoms with Gasteiger partial charge in [0.1, 0.15) is 0 Å². The van der Waals surface area contributed by atoms with Crippen molar-refractivity contribution < 1.29 is 14.7 Å². The van der Waals surface area contributed by atoms with E-state index in [4.69, 9.17) is 5.11 Å². The number of amides is 1. The number of anilines is 2. The van der Waals surface area contributed by atoms with Gasteiger partial charge in [0, 0.05) is 20.1 Å². The van der Waals surface area contributed by atoms with Crippen molar-refractivity contribution in [1.29, 1.82) is 0 Å². The first kappa shape index (κ1) is 12.0. The van der Waals surface area contributed by atoms with Crippen molar-refractivity contribution in [3.05, 3.63) is 24.3 Å². The fourth-order valence-corrected chi connectivity index (χ4v) is 2.68. The molecular weight excluding hydrogens is 244 g/mol. The molecule has 0 bridgehead atoms. The van der Waals surface area contributed by atoms with E-state index in [2.05, 4.69) is 4.90 Å². The van der Waals surface area contributed by atoms with E-state index in [1.54, 1.807) is 4.90 Å². The highest BCUT2D eigenvalue weighted by Gasteiger charge is 2.50. The smallest absolute Gasteiger partial charge is 0.307 e. The number of nitrogens with zero attached hydrogens (tertiary/aromatic N) is 2. The van der Waals surface area contributed by atoms with Gasteiger partial charge in [0.05, 0.1) is 23.2 Å². The molecule has 1 fully saturated rings. The Morgan fingerprint density at radius 3 is 2.47 bits per heavy atom. The molecule has 100 valence electrons. The van der Waals surface area contributed by atoms with Gasteiger partial charge < -0.3 is 14.9 Å². The fraction of sp³-hybridized carbons (Fsp3) is 0.429. The summed E-state index contributed by atoms with van der Waals surface area (Å²) in [6, 6.07) is 7.75. The van der Waals surface area contributed by atoms with Crippen LogP contribution in [0.2, 0.25) is 0 Å². The van der Waals surface area contributed by atoms with Gasteiger partial charge in [-0.1, -0.05) is 12.1 Å². The van der Waals surface area contributed by atoms with E-state index in [0.29, 0.717) is 13.0 Å². The van der Waals surface area contributed by atoms with Crippen LogP contribution in [-0.2, 0) is 9.59 Å². The van der Waals surface area contributed by atoms with Crippen LogP contribution in [0.3, 0.4) is 0 Å². The Balaban J connectivity index is 1.85. The van der Waals surface area contributed by atoms with Crippen LogP contribution in [0.5, 0.6) is 0 Å². The lowest BCUT2D eigenvalue weighted by molar-refractivity contribution is -0.140. The second-order valence-corrected chi connectivity index (χ2v) is 5.19. The first-order chi connectivity index (χ1) is 9.09. The molecule has 5 heteroatoms. The molecule has 0 spiro atoms. The van der Waals surface area contributed by atoms with Crippen LogP contribution in [-0.4, -0.2) is 37.1 Å². The highest BCUT2D eigenvalue weighted by molar-refractivity contribution is 6.02. The largest absolute Gasteiger partial charge is 0.481 e. The predicted molar refractivity (Wildman–Crippen MR) is 71.3 cm³/mol. The molecule has 1 heterocycles. The average Bonchev–Trinajstić information content (AvgIpc) is 3.19. The van der Waals surface area contributed by atoms with Crippen molar-refractivity contribution in [1.82, 2.24) is 0 Å². The number of carboxylic acid groups (broad SMARTS) is 1. The molecule has 1 aliphatic carbocycles. The summed E-state index contributed by atoms with van der Waals surface area (Å²) in [4.78, 5) is 27.1. The number of aliphatic carboxylic acids is 1. The normalized spacial score (nSPS) is 24.9. The summed E-state index contributed by atoms with van der Waals surface area (Å²) in [6.45, 7) is 1.39. The Kier molecular flexibility index (Phi) is 2.69. The lowest BCUT2D eigenvalue weighted by atomic mass is 10.1. The second kappa shape index (κ2) is 4.26. The molecule has 1 N–H and O–H groups in total. The Morgan fingerprint density at radius 1 is 1.16 bits per heavy atom. The number of hydrogen-bond donors (Lipinski definition) is 1. The highest BCUT2D eigenvalue weighted by atomic mass is 16.4. The Morgan fingerprint density at radius 2 is 1.84 bits per heavy atom. The van der Waals surface area contributed by atoms with Gasteiger partial charge in [-0.3, -0.25) is 9.59 Å². The van der Waals surface area contributed by atoms with Gasteiger partial charge in [-0.2, -0.15) is 0 Å². The summed E-state index contributed by atoms with van der Waals surface area (Å²) in [5.41, 5.74) is 1.91. The maximum atomic E-state index is 12.4. The van der Waals surface area contributed by atoms with E-state index in [9.17, 15) is 9.59 Å². The second-order valence-electron chi connectivity index (χ2n) is 5.19. The molecule has 0 radical (unpaired) electrons. The van der Waals surface area contributed by atoms with Gasteiger partial charge in [0.25, 0.3) is 0 Å². The zero-order chi connectivity index (χ0) is 13.6. The van der Waals surface area contributed by atoms with Crippen molar-refractivity contribution in [2.45, 2.75) is 6.42 Å². The lowest BCUT2D eigenvalue weighted by Crippen LogP contribution is -2.43. The van der Waals surface area contributed by atoms with Crippen LogP contribution in [0.25, 0.3) is 0 Å². The Bertz CT molecular complexity index is 543. The zero-order valence-corrected chi connectivity index (χ0v) is 10.7. The molecule has 0 unspecified atom stereocenters. The number of fused-ring (bicyclic) bond motifs is 1. The third-order valence-corrected chi connectivity index (χ3v) is 3.93. The Labute approximate surface area is 111 Å². The van der Waals surface area contributed by atoms with Gasteiger partial charge in [0.2, 0.25) is 5.91 Å². The third-order valence-electron chi connectivity index (χ3n) is 3.93. The number of carboxylic acids is 1. The number of carbonyl (C=O) groups is 2. The lowest BCUT2D eigenvalue weighted by Gasteiger charge is -2.35. The van der Waals surface area contributed by atoms with E-state index >= 15 is 0 Å². The van der Waals surface area contributed by atoms with E-state index in [-0.39, 0.29) is 11.8 Å². The zero-order valence-electron chi connectivity index (χ0n) is 10.7. The molecule has 3 rings (SSSR count). The quantitative estimate of drug-likeness (QED) is 0.867. The maximum absolute atomic E-state index is 12.4. The number of carbonyl (C=O) groups excluding carboxylic acids is 1. The molecule has 1 aromatic carbocycles. The first-order valence-corrected chi connectivity index (χ1v) is 6.44. The molecule has 5 nitrogen and oxygen atoms in total. The minimum absolute atomic E-state index is 0.0482. The molecule has 0 aromatic heterocycles. The highest BCUT2D eigenvalue weighted by Crippen LogP contribution is 2.42. The molecule has 1 aromatic rings. The van der Waals surface area contributed by atoms with E-state index in [1.165, 1.54) is 0 Å². The summed E-state index contributed by atoms with van der Waals surface area (Å²) in [7, 11) is 2.00. The van der Waals surface area contributed by atoms with Gasteiger partial charge in [0.15, 0.2) is 0 Å². The molecular formula is C14H16N2O3. The topological polar surface area (TPSA) is 60.9 Å². The molecule has 2 aliphatic rings. The van der Waals surface area contributed by atoms with Crippen molar-refractivity contribution in [2.75, 3.05) is 29.9 Å². The summed E-state index contributed by atoms with van der Waals surface area (Å²) in [5.74, 6) is -1.73. The monoisotopic (exact) mass is 260 g/mol. The molecule has 1 saturated carbocycles. The minimum Gasteiger partial charge on any atom is -0.481 e. The third kappa shape index (κ3) is 1.95. The summed E-state index contributed by atoms with van der Waals surface area (Å²) in [6.07, 6.45) is 0.475. The molecule has 0 saturated heterocycles. The van der Waals surface area contributed by atoms with Gasteiger partial charge in [-0.15, -0.1) is 0 Å². The van der Waals surface area contributed by atoms with Gasteiger partial charge >= 0.3 is 5.97 Å². The number of benzene rings is 1. The summed E-state index contributed by atoms with van der Waals surface area (Å²) >= 11 is 0. The van der Waals surface area contributed by atoms with Crippen LogP contribution >= 0.6 is 0 Å². The predicted octanol–water partition coefficient (Wildman–Crippen LogP) is 1.19. The fourth-order valence-electron chi connectivity index (χ4n) is 2.68. The van der Waals surface area contributed by atoms with Crippen LogP contribution < -0.4 is 9.80 Å². The van der Waals surface area contributed by atoms with Crippen molar-refractivity contribution in [3.63, 3.8) is 0 Å². The van der Waals surface area contributed by atoms with E-state index in [0.717, 1.165) is 17.9 Å². The molecule has 1 aliphatic heterocycles. The Hall–Kier alpha value is -2.04. The van der Waals surface area contributed by atoms with E-state index < -0.39 is 11.9 Å².